The summed E-state index contributed by atoms with van der Waals surface area (Å²) in [5.41, 5.74) is 8.60. The van der Waals surface area contributed by atoms with Crippen molar-refractivity contribution in [3.05, 3.63) is 76.1 Å². The van der Waals surface area contributed by atoms with Crippen LogP contribution in [0.1, 0.15) is 69.4 Å². The summed E-state index contributed by atoms with van der Waals surface area (Å²) < 4.78 is 0. The molecule has 0 atom stereocenters. The average molecular weight is 651 g/mol. The zero-order valence-electron chi connectivity index (χ0n) is 23.1. The molecule has 4 heteroatoms. The van der Waals surface area contributed by atoms with E-state index in [0.29, 0.717) is 0 Å². The van der Waals surface area contributed by atoms with Crippen molar-refractivity contribution < 1.29 is 30.0 Å². The number of carbonyl (C=O) groups is 1. The van der Waals surface area contributed by atoms with E-state index in [9.17, 15) is 9.90 Å². The average Bonchev–Trinajstić information content (AvgIpc) is 2.66. The fourth-order valence-electron chi connectivity index (χ4n) is 3.58. The molecule has 1 heterocycles. The van der Waals surface area contributed by atoms with Gasteiger partial charge in [-0.15, -0.1) is 34.9 Å². The first-order valence-corrected chi connectivity index (χ1v) is 11.8. The van der Waals surface area contributed by atoms with Gasteiger partial charge in [0.05, 0.1) is 5.52 Å². The Kier molecular flexibility index (Phi) is 10.2. The summed E-state index contributed by atoms with van der Waals surface area (Å²) in [7, 11) is 0. The second-order valence-corrected chi connectivity index (χ2v) is 11.5. The molecule has 35 heavy (non-hydrogen) atoms. The van der Waals surface area contributed by atoms with Gasteiger partial charge in [-0.05, 0) is 43.7 Å². The van der Waals surface area contributed by atoms with Crippen LogP contribution in [0.2, 0.25) is 0 Å². The fraction of sp³-hybridized carbons (Fsp3) is 0.419. The summed E-state index contributed by atoms with van der Waals surface area (Å²) in [6.45, 7) is 21.7. The second-order valence-electron chi connectivity index (χ2n) is 11.5. The smallest absolute Gasteiger partial charge is 0.164 e. The number of carbonyl (C=O) groups excluding carboxylic acids is 1. The first-order valence-electron chi connectivity index (χ1n) is 11.8. The van der Waals surface area contributed by atoms with Crippen molar-refractivity contribution in [2.45, 2.75) is 76.2 Å². The maximum atomic E-state index is 11.5. The Bertz CT molecular complexity index is 1220. The Morgan fingerprint density at radius 1 is 0.829 bits per heavy atom. The summed E-state index contributed by atoms with van der Waals surface area (Å²) in [6, 6.07) is 14.4. The molecule has 3 aromatic rings. The molecule has 0 spiro atoms. The molecule has 3 rings (SSSR count). The molecule has 0 aliphatic carbocycles. The first-order chi connectivity index (χ1) is 15.5. The van der Waals surface area contributed by atoms with Crippen LogP contribution in [0.25, 0.3) is 22.2 Å². The van der Waals surface area contributed by atoms with Crippen molar-refractivity contribution in [2.75, 3.05) is 0 Å². The molecule has 0 unspecified atom stereocenters. The number of hydrogen-bond acceptors (Lipinski definition) is 3. The molecule has 0 aliphatic rings. The largest absolute Gasteiger partial charge is 0.512 e. The number of nitrogens with zero attached hydrogens (tertiary/aromatic N) is 1. The molecule has 0 bridgehead atoms. The number of pyridine rings is 1. The van der Waals surface area contributed by atoms with Crippen molar-refractivity contribution >= 4 is 16.7 Å². The van der Waals surface area contributed by atoms with Gasteiger partial charge in [-0.2, -0.15) is 0 Å². The van der Waals surface area contributed by atoms with Gasteiger partial charge in [0, 0.05) is 42.4 Å². The number of benzene rings is 2. The van der Waals surface area contributed by atoms with Gasteiger partial charge in [0.2, 0.25) is 0 Å². The van der Waals surface area contributed by atoms with E-state index in [1.54, 1.807) is 0 Å². The Morgan fingerprint density at radius 3 is 1.91 bits per heavy atom. The monoisotopic (exact) mass is 651 g/mol. The Balaban J connectivity index is 0.000000383. The van der Waals surface area contributed by atoms with E-state index < -0.39 is 5.41 Å². The molecule has 191 valence electrons. The van der Waals surface area contributed by atoms with Crippen LogP contribution in [0.5, 0.6) is 0 Å². The number of rotatable bonds is 2. The molecule has 0 saturated carbocycles. The van der Waals surface area contributed by atoms with Crippen molar-refractivity contribution in [3.8, 4) is 11.3 Å². The zero-order chi connectivity index (χ0) is 26.0. The van der Waals surface area contributed by atoms with E-state index in [1.165, 1.54) is 33.7 Å². The van der Waals surface area contributed by atoms with Crippen LogP contribution in [-0.2, 0) is 24.9 Å². The van der Waals surface area contributed by atoms with Crippen LogP contribution in [0.15, 0.2) is 42.2 Å². The van der Waals surface area contributed by atoms with Crippen molar-refractivity contribution in [1.29, 1.82) is 0 Å². The second kappa shape index (κ2) is 11.6. The van der Waals surface area contributed by atoms with Crippen LogP contribution in [-0.4, -0.2) is 15.9 Å². The Hall–Kier alpha value is -2.29. The molecule has 2 aromatic carbocycles. The van der Waals surface area contributed by atoms with Crippen molar-refractivity contribution in [3.63, 3.8) is 0 Å². The van der Waals surface area contributed by atoms with Gasteiger partial charge >= 0.3 is 0 Å². The molecule has 0 fully saturated rings. The van der Waals surface area contributed by atoms with Gasteiger partial charge < -0.3 is 5.11 Å². The van der Waals surface area contributed by atoms with Crippen molar-refractivity contribution in [2.24, 2.45) is 10.8 Å². The van der Waals surface area contributed by atoms with E-state index in [-0.39, 0.29) is 37.1 Å². The Morgan fingerprint density at radius 2 is 1.40 bits per heavy atom. The third-order valence-corrected chi connectivity index (χ3v) is 5.65. The molecule has 0 aliphatic heterocycles. The Labute approximate surface area is 225 Å². The van der Waals surface area contributed by atoms with E-state index in [1.807, 2.05) is 41.5 Å². The van der Waals surface area contributed by atoms with E-state index >= 15 is 0 Å². The summed E-state index contributed by atoms with van der Waals surface area (Å²) in [5.74, 6) is 0.104. The molecule has 0 saturated heterocycles. The topological polar surface area (TPSA) is 50.2 Å². The summed E-state index contributed by atoms with van der Waals surface area (Å²) >= 11 is 0. The van der Waals surface area contributed by atoms with Gasteiger partial charge in [0.15, 0.2) is 5.78 Å². The quantitative estimate of drug-likeness (QED) is 0.172. The standard InChI is InChI=1S/C20H20N.C11H20O2.Ir/c1-12-6-13(2)9-17(8-12)20-16(5)11-18-15(4)7-14(3)10-19(18)21-20;1-10(2,3)8(12)7-9(13)11(4,5)6;/h6-8,10-11H,1-5H3;7,12H,1-6H3;/q-1;;/b;8-7-;. The summed E-state index contributed by atoms with van der Waals surface area (Å²) in [6.07, 6.45) is 1.33. The van der Waals surface area contributed by atoms with Crippen molar-refractivity contribution in [1.82, 2.24) is 4.98 Å². The fourth-order valence-corrected chi connectivity index (χ4v) is 3.58. The predicted octanol–water partition coefficient (Wildman–Crippen LogP) is 8.33. The number of aliphatic hydroxyl groups excluding tert-OH is 1. The predicted molar refractivity (Wildman–Crippen MR) is 144 cm³/mol. The minimum Gasteiger partial charge on any atom is -0.512 e. The molecular formula is C31H40IrNO2-. The van der Waals surface area contributed by atoms with Gasteiger partial charge in [-0.1, -0.05) is 73.1 Å². The summed E-state index contributed by atoms with van der Waals surface area (Å²) in [4.78, 5) is 16.4. The maximum Gasteiger partial charge on any atom is 0.164 e. The molecule has 0 amide bonds. The number of aliphatic hydroxyl groups is 1. The van der Waals surface area contributed by atoms with E-state index in [2.05, 4.69) is 71.0 Å². The number of allylic oxidation sites excluding steroid dienone is 2. The number of aryl methyl sites for hydroxylation is 5. The number of ketones is 1. The minimum absolute atomic E-state index is 0. The molecule has 1 N–H and O–H groups in total. The van der Waals surface area contributed by atoms with Crippen LogP contribution in [0.3, 0.4) is 0 Å². The molecule has 1 radical (unpaired) electrons. The van der Waals surface area contributed by atoms with Crippen LogP contribution < -0.4 is 0 Å². The molecule has 3 nitrogen and oxygen atoms in total. The number of aromatic nitrogens is 1. The van der Waals surface area contributed by atoms with Crippen LogP contribution in [0, 0.1) is 51.5 Å². The van der Waals surface area contributed by atoms with Crippen LogP contribution in [0.4, 0.5) is 0 Å². The molecular weight excluding hydrogens is 611 g/mol. The van der Waals surface area contributed by atoms with Gasteiger partial charge in [0.25, 0.3) is 0 Å². The number of fused-ring (bicyclic) bond motifs is 1. The third-order valence-electron chi connectivity index (χ3n) is 5.65. The van der Waals surface area contributed by atoms with Crippen LogP contribution >= 0.6 is 0 Å². The van der Waals surface area contributed by atoms with Gasteiger partial charge in [0.1, 0.15) is 5.76 Å². The SMILES string of the molecule is CC(C)(C)C(=O)/C=C(\O)C(C)(C)C.Cc1[c-]c(-c2nc3cc(C)cc(C)c3cc2C)cc(C)c1.[Ir]. The van der Waals surface area contributed by atoms with E-state index in [0.717, 1.165) is 22.3 Å². The summed E-state index contributed by atoms with van der Waals surface area (Å²) in [5, 5.41) is 10.8. The van der Waals surface area contributed by atoms with Gasteiger partial charge in [-0.3, -0.25) is 9.78 Å². The normalized spacial score (nSPS) is 12.0. The van der Waals surface area contributed by atoms with E-state index in [4.69, 9.17) is 4.98 Å². The maximum absolute atomic E-state index is 11.5. The molecule has 1 aromatic heterocycles. The number of hydrogen-bond donors (Lipinski definition) is 1. The first kappa shape index (κ1) is 30.7. The zero-order valence-corrected chi connectivity index (χ0v) is 25.5. The van der Waals surface area contributed by atoms with Gasteiger partial charge in [-0.25, -0.2) is 0 Å². The minimum atomic E-state index is -0.417. The third kappa shape index (κ3) is 8.40.